The maximum Gasteiger partial charge on any atom is 0.137 e. The molecule has 1 aliphatic heterocycles. The van der Waals surface area contributed by atoms with E-state index in [2.05, 4.69) is 35.4 Å². The van der Waals surface area contributed by atoms with E-state index in [9.17, 15) is 0 Å². The predicted molar refractivity (Wildman–Crippen MR) is 119 cm³/mol. The van der Waals surface area contributed by atoms with E-state index in [1.54, 1.807) is 10.7 Å². The first-order chi connectivity index (χ1) is 13.9. The summed E-state index contributed by atoms with van der Waals surface area (Å²) in [7, 11) is 0. The molecular weight excluding hydrogens is 361 g/mol. The summed E-state index contributed by atoms with van der Waals surface area (Å²) in [5.74, 6) is 1.11. The van der Waals surface area contributed by atoms with E-state index < -0.39 is 0 Å². The Hall–Kier alpha value is -2.84. The molecule has 1 aromatic heterocycles. The van der Waals surface area contributed by atoms with Gasteiger partial charge in [0.15, 0.2) is 0 Å². The Bertz CT molecular complexity index is 1050. The zero-order valence-electron chi connectivity index (χ0n) is 17.5. The summed E-state index contributed by atoms with van der Waals surface area (Å²) in [5.41, 5.74) is 10.00. The van der Waals surface area contributed by atoms with Gasteiger partial charge in [0.25, 0.3) is 0 Å². The molecular formula is C25H28FN3. The molecule has 0 saturated heterocycles. The quantitative estimate of drug-likeness (QED) is 0.584. The Balaban J connectivity index is 1.71. The predicted octanol–water partition coefficient (Wildman–Crippen LogP) is 6.81. The summed E-state index contributed by atoms with van der Waals surface area (Å²) >= 11 is 0. The van der Waals surface area contributed by atoms with Gasteiger partial charge in [0.2, 0.25) is 0 Å². The van der Waals surface area contributed by atoms with E-state index in [4.69, 9.17) is 0 Å². The van der Waals surface area contributed by atoms with E-state index in [-0.39, 0.29) is 5.82 Å². The van der Waals surface area contributed by atoms with Crippen molar-refractivity contribution in [2.24, 2.45) is 0 Å². The van der Waals surface area contributed by atoms with Gasteiger partial charge in [-0.15, -0.1) is 5.73 Å². The highest BCUT2D eigenvalue weighted by molar-refractivity contribution is 5.89. The Morgan fingerprint density at radius 3 is 2.62 bits per heavy atom. The summed E-state index contributed by atoms with van der Waals surface area (Å²) in [4.78, 5) is 0. The van der Waals surface area contributed by atoms with Crippen molar-refractivity contribution in [2.45, 2.75) is 58.8 Å². The number of nitrogens with one attached hydrogen (secondary N) is 1. The first-order valence-electron chi connectivity index (χ1n) is 10.4. The largest absolute Gasteiger partial charge is 0.339 e. The van der Waals surface area contributed by atoms with Gasteiger partial charge in [0, 0.05) is 22.4 Å². The van der Waals surface area contributed by atoms with Crippen molar-refractivity contribution in [3.63, 3.8) is 0 Å². The maximum absolute atomic E-state index is 15.2. The number of rotatable bonds is 3. The fourth-order valence-corrected chi connectivity index (χ4v) is 4.66. The molecule has 150 valence electrons. The van der Waals surface area contributed by atoms with Crippen molar-refractivity contribution in [2.75, 3.05) is 5.32 Å². The minimum Gasteiger partial charge on any atom is -0.339 e. The Morgan fingerprint density at radius 1 is 1.24 bits per heavy atom. The third kappa shape index (κ3) is 3.38. The molecule has 1 aromatic carbocycles. The maximum atomic E-state index is 15.2. The molecule has 29 heavy (non-hydrogen) atoms. The second-order valence-electron chi connectivity index (χ2n) is 8.23. The topological polar surface area (TPSA) is 29.9 Å². The van der Waals surface area contributed by atoms with E-state index in [1.807, 2.05) is 26.8 Å². The van der Waals surface area contributed by atoms with Gasteiger partial charge in [-0.1, -0.05) is 32.4 Å². The fraction of sp³-hybridized carbons (Fsp3) is 0.360. The molecule has 2 heterocycles. The zero-order chi connectivity index (χ0) is 20.7. The lowest BCUT2D eigenvalue weighted by molar-refractivity contribution is 0.428. The van der Waals surface area contributed by atoms with Gasteiger partial charge in [-0.25, -0.2) is 9.07 Å². The zero-order valence-corrected chi connectivity index (χ0v) is 17.5. The number of aromatic nitrogens is 2. The third-order valence-corrected chi connectivity index (χ3v) is 6.24. The lowest BCUT2D eigenvalue weighted by atomic mass is 9.81. The number of halogens is 1. The SMILES string of the molecule is C=C=C(C)c1nn2c(c1C)NC(c1cc(C)c(C3CCCCC3)c(F)c1)=CC2=C. The van der Waals surface area contributed by atoms with Crippen LogP contribution in [-0.4, -0.2) is 9.78 Å². The van der Waals surface area contributed by atoms with Gasteiger partial charge in [-0.2, -0.15) is 5.10 Å². The average molecular weight is 390 g/mol. The molecule has 2 aromatic rings. The summed E-state index contributed by atoms with van der Waals surface area (Å²) in [6, 6.07) is 3.76. The van der Waals surface area contributed by atoms with Crippen LogP contribution >= 0.6 is 0 Å². The van der Waals surface area contributed by atoms with Gasteiger partial charge in [0.05, 0.1) is 5.70 Å². The van der Waals surface area contributed by atoms with Gasteiger partial charge in [0.1, 0.15) is 17.3 Å². The number of hydrogen-bond donors (Lipinski definition) is 1. The Kier molecular flexibility index (Phi) is 5.06. The number of benzene rings is 1. The summed E-state index contributed by atoms with van der Waals surface area (Å²) in [6.07, 6.45) is 7.76. The van der Waals surface area contributed by atoms with Crippen molar-refractivity contribution in [1.29, 1.82) is 0 Å². The van der Waals surface area contributed by atoms with Crippen LogP contribution in [-0.2, 0) is 0 Å². The number of hydrogen-bond acceptors (Lipinski definition) is 2. The second kappa shape index (κ2) is 7.53. The Labute approximate surface area is 172 Å². The van der Waals surface area contributed by atoms with E-state index >= 15 is 4.39 Å². The van der Waals surface area contributed by atoms with Crippen LogP contribution in [0.3, 0.4) is 0 Å². The molecule has 0 unspecified atom stereocenters. The number of nitrogens with zero attached hydrogens (tertiary/aromatic N) is 2. The average Bonchev–Trinajstić information content (AvgIpc) is 3.05. The minimum absolute atomic E-state index is 0.0952. The molecule has 3 nitrogen and oxygen atoms in total. The van der Waals surface area contributed by atoms with Crippen molar-refractivity contribution >= 4 is 22.8 Å². The van der Waals surface area contributed by atoms with Crippen molar-refractivity contribution in [1.82, 2.24) is 9.78 Å². The van der Waals surface area contributed by atoms with Crippen LogP contribution < -0.4 is 5.32 Å². The summed E-state index contributed by atoms with van der Waals surface area (Å²) in [5, 5.41) is 8.07. The summed E-state index contributed by atoms with van der Waals surface area (Å²) < 4.78 is 17.0. The van der Waals surface area contributed by atoms with E-state index in [1.165, 1.54) is 19.3 Å². The molecule has 2 aliphatic rings. The van der Waals surface area contributed by atoms with Crippen LogP contribution in [0.5, 0.6) is 0 Å². The molecule has 1 fully saturated rings. The van der Waals surface area contributed by atoms with Crippen LogP contribution in [0.4, 0.5) is 10.2 Å². The molecule has 0 spiro atoms. The highest BCUT2D eigenvalue weighted by atomic mass is 19.1. The highest BCUT2D eigenvalue weighted by Gasteiger charge is 2.25. The van der Waals surface area contributed by atoms with Crippen LogP contribution in [0, 0.1) is 19.7 Å². The third-order valence-electron chi connectivity index (χ3n) is 6.24. The normalized spacial score (nSPS) is 16.7. The molecule has 1 aliphatic carbocycles. The van der Waals surface area contributed by atoms with Gasteiger partial charge in [-0.3, -0.25) is 0 Å². The van der Waals surface area contributed by atoms with Crippen molar-refractivity contribution in [3.8, 4) is 0 Å². The van der Waals surface area contributed by atoms with E-state index in [0.29, 0.717) is 5.92 Å². The van der Waals surface area contributed by atoms with Crippen LogP contribution in [0.1, 0.15) is 72.9 Å². The molecule has 4 heteroatoms. The van der Waals surface area contributed by atoms with Gasteiger partial charge < -0.3 is 5.32 Å². The lowest BCUT2D eigenvalue weighted by Crippen LogP contribution is -2.14. The molecule has 1 N–H and O–H groups in total. The van der Waals surface area contributed by atoms with Crippen molar-refractivity contribution < 1.29 is 4.39 Å². The lowest BCUT2D eigenvalue weighted by Gasteiger charge is -2.25. The molecule has 0 amide bonds. The smallest absolute Gasteiger partial charge is 0.137 e. The molecule has 0 bridgehead atoms. The molecule has 4 rings (SSSR count). The fourth-order valence-electron chi connectivity index (χ4n) is 4.66. The minimum atomic E-state index is -0.0952. The first-order valence-corrected chi connectivity index (χ1v) is 10.4. The monoisotopic (exact) mass is 389 g/mol. The van der Waals surface area contributed by atoms with E-state index in [0.717, 1.165) is 63.6 Å². The summed E-state index contributed by atoms with van der Waals surface area (Å²) in [6.45, 7) is 13.9. The first kappa shape index (κ1) is 19.5. The standard InChI is InChI=1S/C25H28FN3/c1-6-15(2)24-18(5)25-27-22(13-17(4)29(25)28-24)20-12-16(3)23(21(26)14-20)19-10-8-7-9-11-19/h12-14,19,27H,1,4,7-11H2,2-3,5H3. The molecule has 0 atom stereocenters. The Morgan fingerprint density at radius 2 is 1.97 bits per heavy atom. The number of aryl methyl sites for hydroxylation is 1. The molecule has 0 radical (unpaired) electrons. The van der Waals surface area contributed by atoms with Crippen LogP contribution in [0.2, 0.25) is 0 Å². The molecule has 1 saturated carbocycles. The number of fused-ring (bicyclic) bond motifs is 1. The van der Waals surface area contributed by atoms with Crippen LogP contribution in [0.25, 0.3) is 17.0 Å². The van der Waals surface area contributed by atoms with Gasteiger partial charge in [-0.05, 0) is 68.9 Å². The highest BCUT2D eigenvalue weighted by Crippen LogP contribution is 2.38. The number of anilines is 1. The number of allylic oxidation sites excluding steroid dienone is 3. The van der Waals surface area contributed by atoms with Crippen LogP contribution in [0.15, 0.2) is 37.1 Å². The second-order valence-corrected chi connectivity index (χ2v) is 8.23. The van der Waals surface area contributed by atoms with Crippen molar-refractivity contribution in [3.05, 3.63) is 70.9 Å². The van der Waals surface area contributed by atoms with Gasteiger partial charge >= 0.3 is 0 Å².